The topological polar surface area (TPSA) is 12.5 Å². The van der Waals surface area contributed by atoms with Crippen molar-refractivity contribution in [1.29, 1.82) is 0 Å². The van der Waals surface area contributed by atoms with Crippen molar-refractivity contribution in [1.82, 2.24) is 4.90 Å². The van der Waals surface area contributed by atoms with Crippen molar-refractivity contribution in [2.75, 3.05) is 21.2 Å². The molecule has 0 spiro atoms. The molecule has 1 fully saturated rings. The molecule has 84 valence electrons. The predicted molar refractivity (Wildman–Crippen MR) is 60.5 cm³/mol. The molecule has 14 heavy (non-hydrogen) atoms. The first-order valence-corrected chi connectivity index (χ1v) is 5.77. The Hall–Kier alpha value is -0.0800. The van der Waals surface area contributed by atoms with Gasteiger partial charge in [-0.2, -0.15) is 0 Å². The SMILES string of the molecule is COC1C(C(C)C)CCCC1N(C)C. The molecule has 0 bridgehead atoms. The molecule has 1 saturated carbocycles. The third kappa shape index (κ3) is 2.48. The van der Waals surface area contributed by atoms with Crippen LogP contribution in [0.1, 0.15) is 33.1 Å². The Balaban J connectivity index is 2.69. The number of methoxy groups -OCH3 is 1. The highest BCUT2D eigenvalue weighted by Gasteiger charge is 2.35. The van der Waals surface area contributed by atoms with Crippen molar-refractivity contribution in [3.63, 3.8) is 0 Å². The van der Waals surface area contributed by atoms with E-state index >= 15 is 0 Å². The molecular formula is C12H25NO. The summed E-state index contributed by atoms with van der Waals surface area (Å²) in [6, 6.07) is 0.612. The molecular weight excluding hydrogens is 174 g/mol. The Bertz CT molecular complexity index is 152. The lowest BCUT2D eigenvalue weighted by atomic mass is 9.76. The van der Waals surface area contributed by atoms with E-state index in [4.69, 9.17) is 4.74 Å². The second-order valence-corrected chi connectivity index (χ2v) is 5.07. The van der Waals surface area contributed by atoms with Crippen LogP contribution in [0.5, 0.6) is 0 Å². The Morgan fingerprint density at radius 3 is 2.29 bits per heavy atom. The molecule has 0 radical (unpaired) electrons. The maximum Gasteiger partial charge on any atom is 0.0756 e. The number of hydrogen-bond acceptors (Lipinski definition) is 2. The monoisotopic (exact) mass is 199 g/mol. The molecule has 1 rings (SSSR count). The minimum atomic E-state index is 0.429. The highest BCUT2D eigenvalue weighted by Crippen LogP contribution is 2.33. The Labute approximate surface area is 88.6 Å². The first-order chi connectivity index (χ1) is 6.57. The molecule has 0 aromatic rings. The zero-order valence-electron chi connectivity index (χ0n) is 10.3. The van der Waals surface area contributed by atoms with E-state index in [1.807, 2.05) is 7.11 Å². The molecule has 0 amide bonds. The van der Waals surface area contributed by atoms with Gasteiger partial charge >= 0.3 is 0 Å². The van der Waals surface area contributed by atoms with Gasteiger partial charge in [0, 0.05) is 13.2 Å². The fraction of sp³-hybridized carbons (Fsp3) is 1.00. The van der Waals surface area contributed by atoms with Gasteiger partial charge in [0.1, 0.15) is 0 Å². The molecule has 1 aliphatic rings. The van der Waals surface area contributed by atoms with Gasteiger partial charge < -0.3 is 9.64 Å². The molecule has 3 unspecified atom stereocenters. The second kappa shape index (κ2) is 5.13. The summed E-state index contributed by atoms with van der Waals surface area (Å²) in [5.41, 5.74) is 0. The van der Waals surface area contributed by atoms with Crippen molar-refractivity contribution in [2.24, 2.45) is 11.8 Å². The minimum Gasteiger partial charge on any atom is -0.380 e. The molecule has 0 N–H and O–H groups in total. The minimum absolute atomic E-state index is 0.429. The maximum absolute atomic E-state index is 5.70. The van der Waals surface area contributed by atoms with Crippen molar-refractivity contribution >= 4 is 0 Å². The predicted octanol–water partition coefficient (Wildman–Crippen LogP) is 2.39. The molecule has 0 aromatic heterocycles. The number of hydrogen-bond donors (Lipinski definition) is 0. The van der Waals surface area contributed by atoms with Gasteiger partial charge in [0.2, 0.25) is 0 Å². The first kappa shape index (κ1) is 12.0. The number of nitrogens with zero attached hydrogens (tertiary/aromatic N) is 1. The standard InChI is InChI=1S/C12H25NO/c1-9(2)10-7-6-8-11(13(3)4)12(10)14-5/h9-12H,6-8H2,1-5H3. The Morgan fingerprint density at radius 2 is 1.86 bits per heavy atom. The molecule has 0 heterocycles. The van der Waals surface area contributed by atoms with Gasteiger partial charge in [0.05, 0.1) is 6.10 Å². The highest BCUT2D eigenvalue weighted by atomic mass is 16.5. The average molecular weight is 199 g/mol. The fourth-order valence-electron chi connectivity index (χ4n) is 2.77. The smallest absolute Gasteiger partial charge is 0.0756 e. The van der Waals surface area contributed by atoms with Gasteiger partial charge in [-0.1, -0.05) is 20.3 Å². The molecule has 1 aliphatic carbocycles. The van der Waals surface area contributed by atoms with Gasteiger partial charge in [-0.3, -0.25) is 0 Å². The molecule has 2 heteroatoms. The summed E-state index contributed by atoms with van der Waals surface area (Å²) in [6.07, 6.45) is 4.40. The van der Waals surface area contributed by atoms with Crippen LogP contribution in [0.15, 0.2) is 0 Å². The number of ether oxygens (including phenoxy) is 1. The molecule has 0 aromatic carbocycles. The van der Waals surface area contributed by atoms with E-state index in [1.54, 1.807) is 0 Å². The van der Waals surface area contributed by atoms with Crippen LogP contribution in [-0.4, -0.2) is 38.3 Å². The van der Waals surface area contributed by atoms with E-state index in [9.17, 15) is 0 Å². The van der Waals surface area contributed by atoms with E-state index in [0.29, 0.717) is 12.1 Å². The lowest BCUT2D eigenvalue weighted by Gasteiger charge is -2.42. The zero-order chi connectivity index (χ0) is 10.7. The summed E-state index contributed by atoms with van der Waals surface area (Å²) in [5.74, 6) is 1.48. The van der Waals surface area contributed by atoms with Crippen LogP contribution >= 0.6 is 0 Å². The first-order valence-electron chi connectivity index (χ1n) is 5.77. The van der Waals surface area contributed by atoms with Gasteiger partial charge in [-0.25, -0.2) is 0 Å². The van der Waals surface area contributed by atoms with Crippen LogP contribution in [0.3, 0.4) is 0 Å². The summed E-state index contributed by atoms with van der Waals surface area (Å²) in [7, 11) is 6.20. The normalized spacial score (nSPS) is 34.1. The third-order valence-corrected chi connectivity index (χ3v) is 3.63. The van der Waals surface area contributed by atoms with Gasteiger partial charge in [0.25, 0.3) is 0 Å². The maximum atomic E-state index is 5.70. The lowest BCUT2D eigenvalue weighted by Crippen LogP contribution is -2.48. The van der Waals surface area contributed by atoms with Crippen molar-refractivity contribution in [3.05, 3.63) is 0 Å². The van der Waals surface area contributed by atoms with Crippen LogP contribution in [0.2, 0.25) is 0 Å². The molecule has 0 aliphatic heterocycles. The van der Waals surface area contributed by atoms with E-state index < -0.39 is 0 Å². The highest BCUT2D eigenvalue weighted by molar-refractivity contribution is 4.88. The van der Waals surface area contributed by atoms with Crippen LogP contribution in [0, 0.1) is 11.8 Å². The van der Waals surface area contributed by atoms with Crippen molar-refractivity contribution < 1.29 is 4.74 Å². The molecule has 2 nitrogen and oxygen atoms in total. The van der Waals surface area contributed by atoms with Gasteiger partial charge in [-0.15, -0.1) is 0 Å². The van der Waals surface area contributed by atoms with E-state index in [0.717, 1.165) is 11.8 Å². The third-order valence-electron chi connectivity index (χ3n) is 3.63. The van der Waals surface area contributed by atoms with Crippen LogP contribution in [0.4, 0.5) is 0 Å². The largest absolute Gasteiger partial charge is 0.380 e. The van der Waals surface area contributed by atoms with E-state index in [-0.39, 0.29) is 0 Å². The Kier molecular flexibility index (Phi) is 4.39. The Morgan fingerprint density at radius 1 is 1.21 bits per heavy atom. The van der Waals surface area contributed by atoms with Crippen LogP contribution in [0.25, 0.3) is 0 Å². The summed E-state index contributed by atoms with van der Waals surface area (Å²) in [4.78, 5) is 2.32. The van der Waals surface area contributed by atoms with E-state index in [1.165, 1.54) is 19.3 Å². The summed E-state index contributed by atoms with van der Waals surface area (Å²) in [6.45, 7) is 4.63. The molecule has 0 saturated heterocycles. The van der Waals surface area contributed by atoms with Gasteiger partial charge in [0.15, 0.2) is 0 Å². The second-order valence-electron chi connectivity index (χ2n) is 5.07. The summed E-state index contributed by atoms with van der Waals surface area (Å²) in [5, 5.41) is 0. The number of likely N-dealkylation sites (N-methyl/N-ethyl adjacent to an activating group) is 1. The van der Waals surface area contributed by atoms with Crippen molar-refractivity contribution in [2.45, 2.75) is 45.3 Å². The van der Waals surface area contributed by atoms with E-state index in [2.05, 4.69) is 32.8 Å². The number of rotatable bonds is 3. The summed E-state index contributed by atoms with van der Waals surface area (Å²) >= 11 is 0. The lowest BCUT2D eigenvalue weighted by molar-refractivity contribution is -0.0466. The zero-order valence-corrected chi connectivity index (χ0v) is 10.3. The average Bonchev–Trinajstić information content (AvgIpc) is 2.16. The van der Waals surface area contributed by atoms with Crippen LogP contribution < -0.4 is 0 Å². The van der Waals surface area contributed by atoms with Crippen molar-refractivity contribution in [3.8, 4) is 0 Å². The van der Waals surface area contributed by atoms with Gasteiger partial charge in [-0.05, 0) is 38.8 Å². The van der Waals surface area contributed by atoms with Crippen LogP contribution in [-0.2, 0) is 4.74 Å². The fourth-order valence-corrected chi connectivity index (χ4v) is 2.77. The molecule has 3 atom stereocenters. The summed E-state index contributed by atoms with van der Waals surface area (Å²) < 4.78 is 5.70. The quantitative estimate of drug-likeness (QED) is 0.692.